The van der Waals surface area contributed by atoms with Crippen LogP contribution in [0.15, 0.2) is 31.1 Å². The topological polar surface area (TPSA) is 89.9 Å². The van der Waals surface area contributed by atoms with E-state index in [2.05, 4.69) is 25.3 Å². The molecule has 1 atom stereocenters. The lowest BCUT2D eigenvalue weighted by atomic mass is 10.2. The zero-order valence-electron chi connectivity index (χ0n) is 11.3. The van der Waals surface area contributed by atoms with Gasteiger partial charge in [0.2, 0.25) is 5.95 Å². The number of aromatic nitrogens is 4. The molecule has 2 aromatic rings. The summed E-state index contributed by atoms with van der Waals surface area (Å²) in [5.74, 6) is -0.00189. The highest BCUT2D eigenvalue weighted by Gasteiger charge is 2.10. The molecule has 2 heterocycles. The Morgan fingerprint density at radius 2 is 1.90 bits per heavy atom. The summed E-state index contributed by atoms with van der Waals surface area (Å²) in [4.78, 5) is 27.5. The minimum absolute atomic E-state index is 0.0374. The van der Waals surface area contributed by atoms with Gasteiger partial charge in [-0.2, -0.15) is 0 Å². The summed E-state index contributed by atoms with van der Waals surface area (Å²) in [6.07, 6.45) is 7.78. The fourth-order valence-corrected chi connectivity index (χ4v) is 1.53. The van der Waals surface area contributed by atoms with Gasteiger partial charge in [0.25, 0.3) is 0 Å². The Labute approximate surface area is 116 Å². The van der Waals surface area contributed by atoms with E-state index in [0.717, 1.165) is 5.56 Å². The normalized spacial score (nSPS) is 11.7. The van der Waals surface area contributed by atoms with Crippen LogP contribution in [0.5, 0.6) is 0 Å². The van der Waals surface area contributed by atoms with E-state index < -0.39 is 5.97 Å². The van der Waals surface area contributed by atoms with Crippen LogP contribution in [0.25, 0.3) is 0 Å². The van der Waals surface area contributed by atoms with Gasteiger partial charge in [-0.3, -0.25) is 0 Å². The average molecular weight is 273 g/mol. The number of nitrogens with one attached hydrogen (secondary N) is 1. The van der Waals surface area contributed by atoms with Gasteiger partial charge in [0, 0.05) is 30.4 Å². The molecule has 0 bridgehead atoms. The number of anilines is 1. The van der Waals surface area contributed by atoms with E-state index >= 15 is 0 Å². The SMILES string of the molecule is CCOC(=O)c1cnc(NC(C)c2cncnc2)nc1. The molecule has 1 unspecified atom stereocenters. The summed E-state index contributed by atoms with van der Waals surface area (Å²) in [5, 5.41) is 3.10. The standard InChI is InChI=1S/C13H15N5O2/c1-3-20-12(19)11-6-16-13(17-7-11)18-9(2)10-4-14-8-15-5-10/h4-9H,3H2,1-2H3,(H,16,17,18). The maximum Gasteiger partial charge on any atom is 0.341 e. The number of carbonyl (C=O) groups excluding carboxylic acids is 1. The van der Waals surface area contributed by atoms with Crippen molar-refractivity contribution in [2.24, 2.45) is 0 Å². The fourth-order valence-electron chi connectivity index (χ4n) is 1.53. The molecular formula is C13H15N5O2. The minimum atomic E-state index is -0.427. The first-order valence-electron chi connectivity index (χ1n) is 6.21. The molecule has 0 radical (unpaired) electrons. The molecule has 104 valence electrons. The second-order valence-corrected chi connectivity index (χ2v) is 4.05. The van der Waals surface area contributed by atoms with Crippen molar-refractivity contribution >= 4 is 11.9 Å². The van der Waals surface area contributed by atoms with Crippen molar-refractivity contribution in [3.8, 4) is 0 Å². The lowest BCUT2D eigenvalue weighted by Crippen LogP contribution is -2.11. The molecule has 20 heavy (non-hydrogen) atoms. The molecule has 0 aliphatic heterocycles. The second kappa shape index (κ2) is 6.55. The summed E-state index contributed by atoms with van der Waals surface area (Å²) in [6.45, 7) is 4.02. The summed E-state index contributed by atoms with van der Waals surface area (Å²) in [7, 11) is 0. The number of esters is 1. The number of hydrogen-bond donors (Lipinski definition) is 1. The largest absolute Gasteiger partial charge is 0.462 e. The van der Waals surface area contributed by atoms with Gasteiger partial charge in [-0.15, -0.1) is 0 Å². The van der Waals surface area contributed by atoms with Crippen molar-refractivity contribution in [2.45, 2.75) is 19.9 Å². The first-order valence-corrected chi connectivity index (χ1v) is 6.21. The van der Waals surface area contributed by atoms with Crippen LogP contribution in [0, 0.1) is 0 Å². The zero-order valence-corrected chi connectivity index (χ0v) is 11.3. The molecule has 2 aromatic heterocycles. The lowest BCUT2D eigenvalue weighted by molar-refractivity contribution is 0.0525. The summed E-state index contributed by atoms with van der Waals surface area (Å²) in [6, 6.07) is -0.0374. The predicted molar refractivity (Wildman–Crippen MR) is 72.1 cm³/mol. The number of ether oxygens (including phenoxy) is 1. The lowest BCUT2D eigenvalue weighted by Gasteiger charge is -2.13. The monoisotopic (exact) mass is 273 g/mol. The van der Waals surface area contributed by atoms with Gasteiger partial charge >= 0.3 is 5.97 Å². The molecule has 0 fully saturated rings. The van der Waals surface area contributed by atoms with Gasteiger partial charge in [-0.05, 0) is 13.8 Å². The summed E-state index contributed by atoms with van der Waals surface area (Å²) < 4.78 is 4.86. The van der Waals surface area contributed by atoms with Crippen molar-refractivity contribution in [3.63, 3.8) is 0 Å². The van der Waals surface area contributed by atoms with Gasteiger partial charge in [-0.1, -0.05) is 0 Å². The number of nitrogens with zero attached hydrogens (tertiary/aromatic N) is 4. The van der Waals surface area contributed by atoms with Crippen LogP contribution in [-0.4, -0.2) is 32.5 Å². The summed E-state index contributed by atoms with van der Waals surface area (Å²) >= 11 is 0. The van der Waals surface area contributed by atoms with Crippen molar-refractivity contribution in [1.29, 1.82) is 0 Å². The van der Waals surface area contributed by atoms with Gasteiger partial charge in [0.15, 0.2) is 0 Å². The van der Waals surface area contributed by atoms with E-state index in [1.165, 1.54) is 18.7 Å². The molecule has 0 spiro atoms. The number of carbonyl (C=O) groups is 1. The quantitative estimate of drug-likeness (QED) is 0.828. The molecule has 2 rings (SSSR count). The fraction of sp³-hybridized carbons (Fsp3) is 0.308. The molecule has 0 aromatic carbocycles. The van der Waals surface area contributed by atoms with Crippen molar-refractivity contribution in [3.05, 3.63) is 42.2 Å². The molecule has 7 nitrogen and oxygen atoms in total. The zero-order chi connectivity index (χ0) is 14.4. The van der Waals surface area contributed by atoms with E-state index in [-0.39, 0.29) is 6.04 Å². The Morgan fingerprint density at radius 1 is 1.25 bits per heavy atom. The average Bonchev–Trinajstić information content (AvgIpc) is 2.49. The van der Waals surface area contributed by atoms with E-state index in [9.17, 15) is 4.79 Å². The highest BCUT2D eigenvalue weighted by molar-refractivity contribution is 5.88. The highest BCUT2D eigenvalue weighted by atomic mass is 16.5. The van der Waals surface area contributed by atoms with Crippen LogP contribution >= 0.6 is 0 Å². The van der Waals surface area contributed by atoms with Crippen molar-refractivity contribution < 1.29 is 9.53 Å². The molecule has 0 saturated carbocycles. The third kappa shape index (κ3) is 3.47. The predicted octanol–water partition coefficient (Wildman–Crippen LogP) is 1.62. The number of hydrogen-bond acceptors (Lipinski definition) is 7. The molecule has 0 aliphatic carbocycles. The Kier molecular flexibility index (Phi) is 4.54. The number of rotatable bonds is 5. The van der Waals surface area contributed by atoms with Gasteiger partial charge in [0.1, 0.15) is 6.33 Å². The van der Waals surface area contributed by atoms with E-state index in [1.807, 2.05) is 6.92 Å². The molecular weight excluding hydrogens is 258 g/mol. The van der Waals surface area contributed by atoms with E-state index in [0.29, 0.717) is 18.1 Å². The van der Waals surface area contributed by atoms with Crippen LogP contribution in [0.3, 0.4) is 0 Å². The van der Waals surface area contributed by atoms with Crippen molar-refractivity contribution in [1.82, 2.24) is 19.9 Å². The van der Waals surface area contributed by atoms with Gasteiger partial charge in [-0.25, -0.2) is 24.7 Å². The van der Waals surface area contributed by atoms with Crippen molar-refractivity contribution in [2.75, 3.05) is 11.9 Å². The third-order valence-corrected chi connectivity index (χ3v) is 2.59. The minimum Gasteiger partial charge on any atom is -0.462 e. The highest BCUT2D eigenvalue weighted by Crippen LogP contribution is 2.14. The smallest absolute Gasteiger partial charge is 0.341 e. The summed E-state index contributed by atoms with van der Waals surface area (Å²) in [5.41, 5.74) is 1.25. The van der Waals surface area contributed by atoms with Crippen LogP contribution < -0.4 is 5.32 Å². The van der Waals surface area contributed by atoms with Crippen LogP contribution in [-0.2, 0) is 4.74 Å². The first kappa shape index (κ1) is 13.9. The molecule has 1 N–H and O–H groups in total. The maximum atomic E-state index is 11.5. The molecule has 0 aliphatic rings. The second-order valence-electron chi connectivity index (χ2n) is 4.05. The van der Waals surface area contributed by atoms with Gasteiger partial charge in [0.05, 0.1) is 18.2 Å². The first-order chi connectivity index (χ1) is 9.70. The van der Waals surface area contributed by atoms with Gasteiger partial charge < -0.3 is 10.1 Å². The third-order valence-electron chi connectivity index (χ3n) is 2.59. The molecule has 0 saturated heterocycles. The Bertz CT molecular complexity index is 559. The van der Waals surface area contributed by atoms with Crippen LogP contribution in [0.2, 0.25) is 0 Å². The Morgan fingerprint density at radius 3 is 2.50 bits per heavy atom. The van der Waals surface area contributed by atoms with E-state index in [1.54, 1.807) is 19.3 Å². The molecule has 0 amide bonds. The Hall–Kier alpha value is -2.57. The van der Waals surface area contributed by atoms with Crippen LogP contribution in [0.4, 0.5) is 5.95 Å². The maximum absolute atomic E-state index is 11.5. The van der Waals surface area contributed by atoms with E-state index in [4.69, 9.17) is 4.74 Å². The van der Waals surface area contributed by atoms with Crippen LogP contribution in [0.1, 0.15) is 35.8 Å². The molecule has 7 heteroatoms. The Balaban J connectivity index is 2.02.